The monoisotopic (exact) mass is 312 g/mol. The van der Waals surface area contributed by atoms with Crippen LogP contribution in [0.4, 0.5) is 0 Å². The van der Waals surface area contributed by atoms with Crippen molar-refractivity contribution in [2.75, 3.05) is 19.6 Å². The van der Waals surface area contributed by atoms with Crippen LogP contribution in [0.3, 0.4) is 0 Å². The van der Waals surface area contributed by atoms with Crippen molar-refractivity contribution in [3.05, 3.63) is 47.7 Å². The van der Waals surface area contributed by atoms with Gasteiger partial charge >= 0.3 is 0 Å². The third kappa shape index (κ3) is 3.19. The number of carbonyl (C=O) groups excluding carboxylic acids is 2. The van der Waals surface area contributed by atoms with Gasteiger partial charge in [0.2, 0.25) is 0 Å². The number of nitrogens with zero attached hydrogens (tertiary/aromatic N) is 1. The van der Waals surface area contributed by atoms with Crippen molar-refractivity contribution >= 4 is 11.7 Å². The van der Waals surface area contributed by atoms with E-state index in [1.54, 1.807) is 24.3 Å². The summed E-state index contributed by atoms with van der Waals surface area (Å²) in [4.78, 5) is 25.7. The minimum Gasteiger partial charge on any atom is -0.451 e. The summed E-state index contributed by atoms with van der Waals surface area (Å²) in [5.41, 5.74) is 1.51. The van der Waals surface area contributed by atoms with E-state index in [1.807, 2.05) is 24.0 Å². The molecule has 1 atom stereocenters. The third-order valence-corrected chi connectivity index (χ3v) is 4.15. The number of Topliss-reactive ketones (excluding diaryl/α,β-unsaturated/α-hetero) is 1. The third-order valence-electron chi connectivity index (χ3n) is 4.15. The Labute approximate surface area is 135 Å². The van der Waals surface area contributed by atoms with E-state index in [9.17, 15) is 9.59 Å². The molecule has 2 aromatic rings. The first-order valence-corrected chi connectivity index (χ1v) is 7.79. The summed E-state index contributed by atoms with van der Waals surface area (Å²) in [6.45, 7) is 5.84. The van der Waals surface area contributed by atoms with Crippen molar-refractivity contribution in [2.45, 2.75) is 19.9 Å². The standard InChI is InChI=1S/C18H20N2O3/c1-12-11-19-9-10-20(12)18(22)17-8-7-16(23-17)15-5-3-14(4-6-15)13(2)21/h3-8,12,19H,9-11H2,1-2H3/t12-/m0/s1. The van der Waals surface area contributed by atoms with Gasteiger partial charge in [-0.3, -0.25) is 9.59 Å². The predicted octanol–water partition coefficient (Wildman–Crippen LogP) is 2.58. The maximum absolute atomic E-state index is 12.6. The highest BCUT2D eigenvalue weighted by molar-refractivity contribution is 5.94. The summed E-state index contributed by atoms with van der Waals surface area (Å²) in [5.74, 6) is 0.931. The summed E-state index contributed by atoms with van der Waals surface area (Å²) in [6.07, 6.45) is 0. The SMILES string of the molecule is CC(=O)c1ccc(-c2ccc(C(=O)N3CCNC[C@@H]3C)o2)cc1. The average Bonchev–Trinajstić information content (AvgIpc) is 3.05. The lowest BCUT2D eigenvalue weighted by Crippen LogP contribution is -2.52. The average molecular weight is 312 g/mol. The van der Waals surface area contributed by atoms with Crippen LogP contribution in [0.15, 0.2) is 40.8 Å². The van der Waals surface area contributed by atoms with E-state index >= 15 is 0 Å². The molecule has 1 aliphatic rings. The molecule has 1 saturated heterocycles. The number of piperazine rings is 1. The first-order valence-electron chi connectivity index (χ1n) is 7.79. The van der Waals surface area contributed by atoms with Gasteiger partial charge in [-0.15, -0.1) is 0 Å². The van der Waals surface area contributed by atoms with Gasteiger partial charge in [0.05, 0.1) is 0 Å². The first kappa shape index (κ1) is 15.5. The number of hydrogen-bond acceptors (Lipinski definition) is 4. The summed E-state index contributed by atoms with van der Waals surface area (Å²) >= 11 is 0. The molecule has 1 amide bonds. The van der Waals surface area contributed by atoms with Crippen LogP contribution < -0.4 is 5.32 Å². The summed E-state index contributed by atoms with van der Waals surface area (Å²) < 4.78 is 5.74. The Hall–Kier alpha value is -2.40. The zero-order chi connectivity index (χ0) is 16.4. The largest absolute Gasteiger partial charge is 0.451 e. The molecule has 5 heteroatoms. The number of nitrogens with one attached hydrogen (secondary N) is 1. The molecule has 1 aromatic heterocycles. The van der Waals surface area contributed by atoms with Crippen molar-refractivity contribution in [3.63, 3.8) is 0 Å². The van der Waals surface area contributed by atoms with Gasteiger partial charge < -0.3 is 14.6 Å². The lowest BCUT2D eigenvalue weighted by molar-refractivity contribution is 0.0624. The Balaban J connectivity index is 1.79. The first-order chi connectivity index (χ1) is 11.1. The van der Waals surface area contributed by atoms with Crippen LogP contribution in [0.1, 0.15) is 34.8 Å². The van der Waals surface area contributed by atoms with E-state index in [2.05, 4.69) is 5.32 Å². The number of ketones is 1. The lowest BCUT2D eigenvalue weighted by Gasteiger charge is -2.33. The predicted molar refractivity (Wildman–Crippen MR) is 87.5 cm³/mol. The van der Waals surface area contributed by atoms with Crippen LogP contribution in [0.5, 0.6) is 0 Å². The van der Waals surface area contributed by atoms with Gasteiger partial charge in [-0.05, 0) is 26.0 Å². The van der Waals surface area contributed by atoms with E-state index in [4.69, 9.17) is 4.42 Å². The van der Waals surface area contributed by atoms with Crippen LogP contribution >= 0.6 is 0 Å². The molecule has 5 nitrogen and oxygen atoms in total. The second kappa shape index (κ2) is 6.38. The lowest BCUT2D eigenvalue weighted by atomic mass is 10.1. The molecule has 2 heterocycles. The topological polar surface area (TPSA) is 62.6 Å². The number of carbonyl (C=O) groups is 2. The molecule has 0 bridgehead atoms. The van der Waals surface area contributed by atoms with Gasteiger partial charge in [0.15, 0.2) is 11.5 Å². The van der Waals surface area contributed by atoms with Crippen LogP contribution in [0.25, 0.3) is 11.3 Å². The molecule has 0 aliphatic carbocycles. The smallest absolute Gasteiger partial charge is 0.289 e. The van der Waals surface area contributed by atoms with E-state index < -0.39 is 0 Å². The van der Waals surface area contributed by atoms with Crippen molar-refractivity contribution in [3.8, 4) is 11.3 Å². The van der Waals surface area contributed by atoms with Gasteiger partial charge in [0, 0.05) is 36.8 Å². The molecule has 23 heavy (non-hydrogen) atoms. The minimum absolute atomic E-state index is 0.0274. The molecule has 1 N–H and O–H groups in total. The molecular weight excluding hydrogens is 292 g/mol. The Morgan fingerprint density at radius 3 is 2.57 bits per heavy atom. The maximum Gasteiger partial charge on any atom is 0.289 e. The maximum atomic E-state index is 12.6. The minimum atomic E-state index is -0.0781. The number of furan rings is 1. The van der Waals surface area contributed by atoms with Crippen molar-refractivity contribution < 1.29 is 14.0 Å². The number of rotatable bonds is 3. The molecule has 120 valence electrons. The highest BCUT2D eigenvalue weighted by Gasteiger charge is 2.26. The van der Waals surface area contributed by atoms with Gasteiger partial charge in [-0.2, -0.15) is 0 Å². The summed E-state index contributed by atoms with van der Waals surface area (Å²) in [6, 6.07) is 10.8. The summed E-state index contributed by atoms with van der Waals surface area (Å²) in [5, 5.41) is 3.26. The molecule has 0 saturated carbocycles. The zero-order valence-electron chi connectivity index (χ0n) is 13.3. The van der Waals surface area contributed by atoms with E-state index in [1.165, 1.54) is 6.92 Å². The molecule has 0 spiro atoms. The number of amides is 1. The van der Waals surface area contributed by atoms with Gasteiger partial charge in [-0.1, -0.05) is 24.3 Å². The second-order valence-electron chi connectivity index (χ2n) is 5.85. The number of benzene rings is 1. The fourth-order valence-electron chi connectivity index (χ4n) is 2.76. The highest BCUT2D eigenvalue weighted by Crippen LogP contribution is 2.24. The zero-order valence-corrected chi connectivity index (χ0v) is 13.3. The quantitative estimate of drug-likeness (QED) is 0.885. The van der Waals surface area contributed by atoms with Crippen LogP contribution in [-0.2, 0) is 0 Å². The van der Waals surface area contributed by atoms with Crippen molar-refractivity contribution in [1.82, 2.24) is 10.2 Å². The Kier molecular flexibility index (Phi) is 4.30. The van der Waals surface area contributed by atoms with Gasteiger partial charge in [-0.25, -0.2) is 0 Å². The van der Waals surface area contributed by atoms with E-state index in [0.29, 0.717) is 23.6 Å². The fraction of sp³-hybridized carbons (Fsp3) is 0.333. The van der Waals surface area contributed by atoms with Crippen molar-refractivity contribution in [2.24, 2.45) is 0 Å². The molecule has 3 rings (SSSR count). The molecule has 1 aliphatic heterocycles. The normalized spacial score (nSPS) is 18.0. The molecule has 0 unspecified atom stereocenters. The Morgan fingerprint density at radius 2 is 1.91 bits per heavy atom. The molecule has 1 aromatic carbocycles. The Bertz CT molecular complexity index is 718. The number of hydrogen-bond donors (Lipinski definition) is 1. The fourth-order valence-corrected chi connectivity index (χ4v) is 2.76. The second-order valence-corrected chi connectivity index (χ2v) is 5.85. The molecule has 0 radical (unpaired) electrons. The van der Waals surface area contributed by atoms with Gasteiger partial charge in [0.1, 0.15) is 5.76 Å². The van der Waals surface area contributed by atoms with Crippen LogP contribution in [-0.4, -0.2) is 42.3 Å². The van der Waals surface area contributed by atoms with Gasteiger partial charge in [0.25, 0.3) is 5.91 Å². The molecular formula is C18H20N2O3. The van der Waals surface area contributed by atoms with Crippen LogP contribution in [0.2, 0.25) is 0 Å². The molecule has 1 fully saturated rings. The van der Waals surface area contributed by atoms with E-state index in [0.717, 1.165) is 18.7 Å². The summed E-state index contributed by atoms with van der Waals surface area (Å²) in [7, 11) is 0. The van der Waals surface area contributed by atoms with Crippen LogP contribution in [0, 0.1) is 0 Å². The van der Waals surface area contributed by atoms with E-state index in [-0.39, 0.29) is 17.7 Å². The Morgan fingerprint density at radius 1 is 1.17 bits per heavy atom. The van der Waals surface area contributed by atoms with Crippen molar-refractivity contribution in [1.29, 1.82) is 0 Å². The highest BCUT2D eigenvalue weighted by atomic mass is 16.4.